The summed E-state index contributed by atoms with van der Waals surface area (Å²) in [6.07, 6.45) is 0.585. The monoisotopic (exact) mass is 526 g/mol. The Balaban J connectivity index is 1.61. The number of aryl methyl sites for hydroxylation is 1. The second kappa shape index (κ2) is 11.2. The summed E-state index contributed by atoms with van der Waals surface area (Å²) < 4.78 is 10.7. The van der Waals surface area contributed by atoms with Crippen LogP contribution in [0, 0.1) is 6.92 Å². The van der Waals surface area contributed by atoms with Crippen LogP contribution in [0.3, 0.4) is 0 Å². The molecule has 36 heavy (non-hydrogen) atoms. The highest BCUT2D eigenvalue weighted by molar-refractivity contribution is 6.33. The van der Waals surface area contributed by atoms with Crippen LogP contribution in [0.4, 0.5) is 0 Å². The molecule has 6 nitrogen and oxygen atoms in total. The van der Waals surface area contributed by atoms with E-state index in [2.05, 4.69) is 5.32 Å². The minimum absolute atomic E-state index is 0.109. The van der Waals surface area contributed by atoms with Crippen molar-refractivity contribution >= 4 is 35.0 Å². The van der Waals surface area contributed by atoms with E-state index in [9.17, 15) is 9.59 Å². The lowest BCUT2D eigenvalue weighted by molar-refractivity contribution is 0.0671. The summed E-state index contributed by atoms with van der Waals surface area (Å²) in [5.41, 5.74) is 2.88. The largest absolute Gasteiger partial charge is 0.493 e. The third-order valence-electron chi connectivity index (χ3n) is 6.58. The highest BCUT2D eigenvalue weighted by Gasteiger charge is 2.34. The molecule has 3 aromatic rings. The predicted molar refractivity (Wildman–Crippen MR) is 142 cm³/mol. The molecule has 0 unspecified atom stereocenters. The van der Waals surface area contributed by atoms with Gasteiger partial charge in [-0.05, 0) is 60.9 Å². The van der Waals surface area contributed by atoms with Gasteiger partial charge in [0.1, 0.15) is 0 Å². The van der Waals surface area contributed by atoms with Crippen LogP contribution in [-0.4, -0.2) is 50.1 Å². The van der Waals surface area contributed by atoms with Crippen molar-refractivity contribution in [2.75, 3.05) is 27.3 Å². The van der Waals surface area contributed by atoms with E-state index in [1.165, 1.54) is 7.11 Å². The number of piperidine rings is 1. The normalized spacial score (nSPS) is 17.4. The SMILES string of the molecule is COc1ccc(C(=O)N2CC[C@@H](NC(=O)c3ccccc3Cl)[C@H](c3ccc(Cl)c(C)c3)C2)cc1OC. The van der Waals surface area contributed by atoms with Crippen molar-refractivity contribution in [2.45, 2.75) is 25.3 Å². The molecule has 1 saturated heterocycles. The van der Waals surface area contributed by atoms with Gasteiger partial charge in [0, 0.05) is 35.6 Å². The number of carbonyl (C=O) groups excluding carboxylic acids is 2. The quantitative estimate of drug-likeness (QED) is 0.444. The third kappa shape index (κ3) is 5.45. The van der Waals surface area contributed by atoms with E-state index in [1.54, 1.807) is 49.6 Å². The van der Waals surface area contributed by atoms with Gasteiger partial charge in [-0.2, -0.15) is 0 Å². The van der Waals surface area contributed by atoms with E-state index >= 15 is 0 Å². The van der Waals surface area contributed by atoms with Crippen molar-refractivity contribution in [1.29, 1.82) is 0 Å². The number of rotatable bonds is 6. The summed E-state index contributed by atoms with van der Waals surface area (Å²) in [6, 6.07) is 17.8. The summed E-state index contributed by atoms with van der Waals surface area (Å²) in [4.78, 5) is 28.4. The maximum absolute atomic E-state index is 13.5. The van der Waals surface area contributed by atoms with Gasteiger partial charge in [-0.25, -0.2) is 0 Å². The first kappa shape index (κ1) is 25.9. The van der Waals surface area contributed by atoms with Gasteiger partial charge in [0.15, 0.2) is 11.5 Å². The van der Waals surface area contributed by atoms with Crippen LogP contribution in [0.25, 0.3) is 0 Å². The molecule has 1 aliphatic rings. The molecule has 1 aliphatic heterocycles. The van der Waals surface area contributed by atoms with Gasteiger partial charge in [-0.15, -0.1) is 0 Å². The molecule has 188 valence electrons. The van der Waals surface area contributed by atoms with Gasteiger partial charge in [0.2, 0.25) is 0 Å². The zero-order valence-electron chi connectivity index (χ0n) is 20.4. The number of methoxy groups -OCH3 is 2. The Morgan fingerprint density at radius 3 is 2.39 bits per heavy atom. The van der Waals surface area contributed by atoms with Crippen LogP contribution in [0.5, 0.6) is 11.5 Å². The van der Waals surface area contributed by atoms with Crippen LogP contribution < -0.4 is 14.8 Å². The average Bonchev–Trinajstić information content (AvgIpc) is 2.89. The van der Waals surface area contributed by atoms with Gasteiger partial charge >= 0.3 is 0 Å². The minimum Gasteiger partial charge on any atom is -0.493 e. The number of halogens is 2. The second-order valence-corrected chi connectivity index (χ2v) is 9.60. The highest BCUT2D eigenvalue weighted by Crippen LogP contribution is 2.33. The number of carbonyl (C=O) groups is 2. The fraction of sp³-hybridized carbons (Fsp3) is 0.286. The molecule has 0 aliphatic carbocycles. The number of amides is 2. The lowest BCUT2D eigenvalue weighted by Crippen LogP contribution is -2.51. The topological polar surface area (TPSA) is 67.9 Å². The minimum atomic E-state index is -0.235. The lowest BCUT2D eigenvalue weighted by Gasteiger charge is -2.39. The van der Waals surface area contributed by atoms with E-state index in [1.807, 2.05) is 30.0 Å². The number of nitrogens with zero attached hydrogens (tertiary/aromatic N) is 1. The number of nitrogens with one attached hydrogen (secondary N) is 1. The molecule has 2 amide bonds. The molecule has 0 bridgehead atoms. The Kier molecular flexibility index (Phi) is 8.07. The van der Waals surface area contributed by atoms with E-state index < -0.39 is 0 Å². The molecular weight excluding hydrogens is 499 g/mol. The predicted octanol–water partition coefficient (Wildman–Crippen LogP) is 5.75. The standard InChI is InChI=1S/C28H28Cl2N2O4/c1-17-14-18(8-10-22(17)29)21-16-32(28(34)19-9-11-25(35-2)26(15-19)36-3)13-12-24(21)31-27(33)20-6-4-5-7-23(20)30/h4-11,14-15,21,24H,12-13,16H2,1-3H3,(H,31,33)/t21-,24+/m0/s1. The van der Waals surface area contributed by atoms with Gasteiger partial charge in [0.25, 0.3) is 11.8 Å². The van der Waals surface area contributed by atoms with Crippen LogP contribution in [-0.2, 0) is 0 Å². The molecule has 1 N–H and O–H groups in total. The maximum atomic E-state index is 13.5. The smallest absolute Gasteiger partial charge is 0.254 e. The second-order valence-electron chi connectivity index (χ2n) is 8.78. The zero-order chi connectivity index (χ0) is 25.8. The van der Waals surface area contributed by atoms with Crippen molar-refractivity contribution in [2.24, 2.45) is 0 Å². The fourth-order valence-electron chi connectivity index (χ4n) is 4.59. The van der Waals surface area contributed by atoms with Crippen molar-refractivity contribution < 1.29 is 19.1 Å². The van der Waals surface area contributed by atoms with Crippen molar-refractivity contribution in [1.82, 2.24) is 10.2 Å². The number of likely N-dealkylation sites (tertiary alicyclic amines) is 1. The van der Waals surface area contributed by atoms with E-state index in [0.717, 1.165) is 11.1 Å². The number of hydrogen-bond donors (Lipinski definition) is 1. The molecule has 2 atom stereocenters. The Labute approximate surface area is 221 Å². The third-order valence-corrected chi connectivity index (χ3v) is 7.33. The summed E-state index contributed by atoms with van der Waals surface area (Å²) >= 11 is 12.5. The fourth-order valence-corrected chi connectivity index (χ4v) is 4.93. The molecule has 0 saturated carbocycles. The van der Waals surface area contributed by atoms with Crippen molar-refractivity contribution in [3.8, 4) is 11.5 Å². The zero-order valence-corrected chi connectivity index (χ0v) is 21.9. The molecule has 0 spiro atoms. The van der Waals surface area contributed by atoms with Gasteiger partial charge in [0.05, 0.1) is 24.8 Å². The molecular formula is C28H28Cl2N2O4. The Bertz CT molecular complexity index is 1280. The first-order valence-corrected chi connectivity index (χ1v) is 12.4. The molecule has 0 aromatic heterocycles. The molecule has 3 aromatic carbocycles. The first-order chi connectivity index (χ1) is 17.3. The molecule has 1 heterocycles. The summed E-state index contributed by atoms with van der Waals surface area (Å²) in [5, 5.41) is 4.23. The van der Waals surface area contributed by atoms with Gasteiger partial charge in [-0.1, -0.05) is 47.5 Å². The highest BCUT2D eigenvalue weighted by atomic mass is 35.5. The van der Waals surface area contributed by atoms with Crippen molar-refractivity contribution in [3.05, 3.63) is 93.0 Å². The van der Waals surface area contributed by atoms with Crippen LogP contribution in [0.2, 0.25) is 10.0 Å². The van der Waals surface area contributed by atoms with Crippen LogP contribution >= 0.6 is 23.2 Å². The first-order valence-electron chi connectivity index (χ1n) is 11.6. The Morgan fingerprint density at radius 2 is 1.69 bits per heavy atom. The number of hydrogen-bond acceptors (Lipinski definition) is 4. The van der Waals surface area contributed by atoms with Crippen LogP contribution in [0.1, 0.15) is 44.2 Å². The Morgan fingerprint density at radius 1 is 0.944 bits per heavy atom. The molecule has 4 rings (SSSR count). The molecule has 8 heteroatoms. The summed E-state index contributed by atoms with van der Waals surface area (Å²) in [6.45, 7) is 2.87. The maximum Gasteiger partial charge on any atom is 0.254 e. The van der Waals surface area contributed by atoms with Crippen LogP contribution in [0.15, 0.2) is 60.7 Å². The molecule has 0 radical (unpaired) electrons. The summed E-state index contributed by atoms with van der Waals surface area (Å²) in [5.74, 6) is 0.577. The number of benzene rings is 3. The van der Waals surface area contributed by atoms with Gasteiger partial charge in [-0.3, -0.25) is 9.59 Å². The molecule has 1 fully saturated rings. The van der Waals surface area contributed by atoms with Gasteiger partial charge < -0.3 is 19.7 Å². The summed E-state index contributed by atoms with van der Waals surface area (Å²) in [7, 11) is 3.10. The van der Waals surface area contributed by atoms with E-state index in [0.29, 0.717) is 52.2 Å². The average molecular weight is 527 g/mol. The lowest BCUT2D eigenvalue weighted by atomic mass is 9.84. The Hall–Kier alpha value is -3.22. The van der Waals surface area contributed by atoms with E-state index in [4.69, 9.17) is 32.7 Å². The number of ether oxygens (including phenoxy) is 2. The van der Waals surface area contributed by atoms with Crippen molar-refractivity contribution in [3.63, 3.8) is 0 Å². The van der Waals surface area contributed by atoms with E-state index in [-0.39, 0.29) is 23.8 Å².